The Morgan fingerprint density at radius 3 is 2.93 bits per heavy atom. The number of nitrogens with one attached hydrogen (secondary N) is 1. The van der Waals surface area contributed by atoms with Gasteiger partial charge < -0.3 is 10.1 Å². The van der Waals surface area contributed by atoms with Crippen LogP contribution in [0.4, 0.5) is 0 Å². The van der Waals surface area contributed by atoms with Crippen molar-refractivity contribution in [3.05, 3.63) is 21.3 Å². The molecule has 1 aromatic rings. The van der Waals surface area contributed by atoms with Gasteiger partial charge in [0.15, 0.2) is 0 Å². The molecule has 0 fully saturated rings. The van der Waals surface area contributed by atoms with Gasteiger partial charge in [-0.15, -0.1) is 11.3 Å². The highest BCUT2D eigenvalue weighted by atomic mass is 35.5. The van der Waals surface area contributed by atoms with E-state index in [1.807, 2.05) is 6.07 Å². The van der Waals surface area contributed by atoms with Crippen molar-refractivity contribution in [3.63, 3.8) is 0 Å². The molecular formula is C11H18ClNOS. The third kappa shape index (κ3) is 6.15. The summed E-state index contributed by atoms with van der Waals surface area (Å²) in [7, 11) is 0. The van der Waals surface area contributed by atoms with Crippen molar-refractivity contribution < 1.29 is 4.74 Å². The second kappa shape index (κ2) is 8.11. The Hall–Kier alpha value is -0.0900. The monoisotopic (exact) mass is 247 g/mol. The molecule has 0 bridgehead atoms. The zero-order valence-corrected chi connectivity index (χ0v) is 10.7. The van der Waals surface area contributed by atoms with Crippen molar-refractivity contribution in [2.24, 2.45) is 0 Å². The van der Waals surface area contributed by atoms with Crippen molar-refractivity contribution in [1.82, 2.24) is 5.32 Å². The van der Waals surface area contributed by atoms with E-state index in [-0.39, 0.29) is 0 Å². The Bertz CT molecular complexity index is 265. The summed E-state index contributed by atoms with van der Waals surface area (Å²) in [6.45, 7) is 5.76. The maximum absolute atomic E-state index is 5.83. The second-order valence-electron chi connectivity index (χ2n) is 3.35. The van der Waals surface area contributed by atoms with Crippen LogP contribution >= 0.6 is 22.9 Å². The standard InChI is InChI=1S/C11H18ClNOS/c1-2-7-14-8-3-6-13-9-10-4-5-11(12)15-10/h4-5,13H,2-3,6-9H2,1H3. The predicted molar refractivity (Wildman–Crippen MR) is 66.8 cm³/mol. The fourth-order valence-corrected chi connectivity index (χ4v) is 2.26. The molecule has 0 unspecified atom stereocenters. The van der Waals surface area contributed by atoms with Crippen molar-refractivity contribution in [2.75, 3.05) is 19.8 Å². The highest BCUT2D eigenvalue weighted by molar-refractivity contribution is 7.16. The number of rotatable bonds is 8. The van der Waals surface area contributed by atoms with Gasteiger partial charge in [0, 0.05) is 24.6 Å². The van der Waals surface area contributed by atoms with Crippen LogP contribution in [0.25, 0.3) is 0 Å². The van der Waals surface area contributed by atoms with Crippen LogP contribution in [0.1, 0.15) is 24.6 Å². The number of hydrogen-bond acceptors (Lipinski definition) is 3. The van der Waals surface area contributed by atoms with E-state index in [0.717, 1.165) is 43.5 Å². The largest absolute Gasteiger partial charge is 0.381 e. The quantitative estimate of drug-likeness (QED) is 0.712. The topological polar surface area (TPSA) is 21.3 Å². The van der Waals surface area contributed by atoms with Gasteiger partial charge in [-0.1, -0.05) is 18.5 Å². The van der Waals surface area contributed by atoms with E-state index >= 15 is 0 Å². The van der Waals surface area contributed by atoms with Gasteiger partial charge in [-0.05, 0) is 31.5 Å². The summed E-state index contributed by atoms with van der Waals surface area (Å²) in [6.07, 6.45) is 2.17. The Balaban J connectivity index is 1.93. The van der Waals surface area contributed by atoms with Crippen LogP contribution in [-0.2, 0) is 11.3 Å². The molecule has 1 N–H and O–H groups in total. The third-order valence-electron chi connectivity index (χ3n) is 1.92. The highest BCUT2D eigenvalue weighted by Gasteiger charge is 1.96. The normalized spacial score (nSPS) is 10.8. The van der Waals surface area contributed by atoms with Crippen LogP contribution in [0.2, 0.25) is 4.34 Å². The first-order chi connectivity index (χ1) is 7.33. The van der Waals surface area contributed by atoms with Crippen molar-refractivity contribution in [3.8, 4) is 0 Å². The summed E-state index contributed by atoms with van der Waals surface area (Å²) in [6, 6.07) is 4.00. The lowest BCUT2D eigenvalue weighted by atomic mass is 10.4. The second-order valence-corrected chi connectivity index (χ2v) is 5.15. The highest BCUT2D eigenvalue weighted by Crippen LogP contribution is 2.20. The molecule has 0 spiro atoms. The number of thiophene rings is 1. The van der Waals surface area contributed by atoms with Crippen molar-refractivity contribution in [2.45, 2.75) is 26.3 Å². The summed E-state index contributed by atoms with van der Waals surface area (Å²) in [4.78, 5) is 1.29. The van der Waals surface area contributed by atoms with Crippen LogP contribution < -0.4 is 5.32 Å². The lowest BCUT2D eigenvalue weighted by Gasteiger charge is -2.03. The van der Waals surface area contributed by atoms with E-state index in [1.165, 1.54) is 4.88 Å². The average Bonchev–Trinajstić information content (AvgIpc) is 2.63. The van der Waals surface area contributed by atoms with Gasteiger partial charge in [0.05, 0.1) is 4.34 Å². The molecule has 4 heteroatoms. The lowest BCUT2D eigenvalue weighted by molar-refractivity contribution is 0.132. The third-order valence-corrected chi connectivity index (χ3v) is 3.15. The van der Waals surface area contributed by atoms with Crippen LogP contribution in [0.3, 0.4) is 0 Å². The van der Waals surface area contributed by atoms with Gasteiger partial charge in [0.25, 0.3) is 0 Å². The van der Waals surface area contributed by atoms with Gasteiger partial charge in [0.2, 0.25) is 0 Å². The fourth-order valence-electron chi connectivity index (χ4n) is 1.20. The summed E-state index contributed by atoms with van der Waals surface area (Å²) >= 11 is 7.46. The van der Waals surface area contributed by atoms with E-state index in [0.29, 0.717) is 0 Å². The molecule has 0 amide bonds. The minimum atomic E-state index is 0.853. The van der Waals surface area contributed by atoms with Crippen LogP contribution in [0.5, 0.6) is 0 Å². The molecule has 2 nitrogen and oxygen atoms in total. The molecule has 0 aliphatic heterocycles. The van der Waals surface area contributed by atoms with Crippen LogP contribution in [0.15, 0.2) is 12.1 Å². The summed E-state index contributed by atoms with van der Waals surface area (Å²) in [5, 5.41) is 3.36. The Morgan fingerprint density at radius 2 is 2.27 bits per heavy atom. The Labute approximate surface area is 101 Å². The molecule has 15 heavy (non-hydrogen) atoms. The van der Waals surface area contributed by atoms with Gasteiger partial charge in [0.1, 0.15) is 0 Å². The van der Waals surface area contributed by atoms with Gasteiger partial charge in [-0.2, -0.15) is 0 Å². The SMILES string of the molecule is CCCOCCCNCc1ccc(Cl)s1. The number of halogens is 1. The molecule has 1 aromatic heterocycles. The number of ether oxygens (including phenoxy) is 1. The van der Waals surface area contributed by atoms with Gasteiger partial charge in [-0.25, -0.2) is 0 Å². The summed E-state index contributed by atoms with van der Waals surface area (Å²) < 4.78 is 6.24. The Kier molecular flexibility index (Phi) is 7.01. The van der Waals surface area contributed by atoms with Gasteiger partial charge >= 0.3 is 0 Å². The maximum Gasteiger partial charge on any atom is 0.0931 e. The molecule has 0 aliphatic carbocycles. The summed E-state index contributed by atoms with van der Waals surface area (Å²) in [5.74, 6) is 0. The van der Waals surface area contributed by atoms with Crippen molar-refractivity contribution >= 4 is 22.9 Å². The minimum absolute atomic E-state index is 0.853. The molecule has 0 atom stereocenters. The summed E-state index contributed by atoms with van der Waals surface area (Å²) in [5.41, 5.74) is 0. The average molecular weight is 248 g/mol. The maximum atomic E-state index is 5.83. The zero-order valence-electron chi connectivity index (χ0n) is 9.09. The molecule has 86 valence electrons. The molecule has 0 saturated heterocycles. The molecule has 0 saturated carbocycles. The van der Waals surface area contributed by atoms with Crippen LogP contribution in [-0.4, -0.2) is 19.8 Å². The number of hydrogen-bond donors (Lipinski definition) is 1. The van der Waals surface area contributed by atoms with E-state index in [9.17, 15) is 0 Å². The minimum Gasteiger partial charge on any atom is -0.381 e. The molecule has 0 aromatic carbocycles. The van der Waals surface area contributed by atoms with E-state index in [4.69, 9.17) is 16.3 Å². The fraction of sp³-hybridized carbons (Fsp3) is 0.636. The first kappa shape index (κ1) is 13.0. The molecular weight excluding hydrogens is 230 g/mol. The Morgan fingerprint density at radius 1 is 1.40 bits per heavy atom. The van der Waals surface area contributed by atoms with E-state index < -0.39 is 0 Å². The molecule has 1 rings (SSSR count). The smallest absolute Gasteiger partial charge is 0.0931 e. The first-order valence-electron chi connectivity index (χ1n) is 5.35. The predicted octanol–water partition coefficient (Wildman–Crippen LogP) is 3.31. The van der Waals surface area contributed by atoms with E-state index in [1.54, 1.807) is 11.3 Å². The lowest BCUT2D eigenvalue weighted by Crippen LogP contribution is -2.15. The molecule has 0 aliphatic rings. The molecule has 0 radical (unpaired) electrons. The van der Waals surface area contributed by atoms with Crippen molar-refractivity contribution in [1.29, 1.82) is 0 Å². The molecule has 1 heterocycles. The van der Waals surface area contributed by atoms with E-state index in [2.05, 4.69) is 18.3 Å². The first-order valence-corrected chi connectivity index (χ1v) is 6.55. The van der Waals surface area contributed by atoms with Crippen LogP contribution in [0, 0.1) is 0 Å². The van der Waals surface area contributed by atoms with Gasteiger partial charge in [-0.3, -0.25) is 0 Å². The zero-order chi connectivity index (χ0) is 10.9.